The number of sulfonamides is 1. The van der Waals surface area contributed by atoms with Crippen molar-refractivity contribution in [1.82, 2.24) is 14.9 Å². The Kier molecular flexibility index (Phi) is 6.67. The molecule has 0 spiro atoms. The first-order chi connectivity index (χ1) is 11.0. The van der Waals surface area contributed by atoms with Crippen LogP contribution in [0.3, 0.4) is 0 Å². The van der Waals surface area contributed by atoms with E-state index in [0.717, 1.165) is 6.54 Å². The summed E-state index contributed by atoms with van der Waals surface area (Å²) in [5, 5.41) is 6.45. The van der Waals surface area contributed by atoms with Gasteiger partial charge in [0, 0.05) is 33.2 Å². The zero-order chi connectivity index (χ0) is 16.8. The highest BCUT2D eigenvalue weighted by Gasteiger charge is 2.34. The Morgan fingerprint density at radius 1 is 1.26 bits per heavy atom. The highest BCUT2D eigenvalue weighted by Crippen LogP contribution is 2.42. The topological polar surface area (TPSA) is 83.0 Å². The highest BCUT2D eigenvalue weighted by atomic mass is 32.2. The van der Waals surface area contributed by atoms with Crippen molar-refractivity contribution < 1.29 is 13.2 Å². The van der Waals surface area contributed by atoms with Crippen LogP contribution in [0, 0.1) is 5.41 Å². The summed E-state index contributed by atoms with van der Waals surface area (Å²) >= 11 is 0. The second-order valence-electron chi connectivity index (χ2n) is 6.39. The minimum absolute atomic E-state index is 0.0760. The van der Waals surface area contributed by atoms with Crippen molar-refractivity contribution in [3.8, 4) is 0 Å². The summed E-state index contributed by atoms with van der Waals surface area (Å²) in [4.78, 5) is 4.18. The van der Waals surface area contributed by atoms with Crippen molar-refractivity contribution in [3.05, 3.63) is 0 Å². The van der Waals surface area contributed by atoms with Gasteiger partial charge in [-0.3, -0.25) is 4.99 Å². The van der Waals surface area contributed by atoms with Crippen molar-refractivity contribution in [2.75, 3.05) is 52.2 Å². The lowest BCUT2D eigenvalue weighted by atomic mass is 9.67. The van der Waals surface area contributed by atoms with Crippen molar-refractivity contribution >= 4 is 16.0 Å². The average molecular weight is 346 g/mol. The maximum absolute atomic E-state index is 12.2. The van der Waals surface area contributed by atoms with Crippen LogP contribution in [0.5, 0.6) is 0 Å². The summed E-state index contributed by atoms with van der Waals surface area (Å²) in [5.74, 6) is 0.758. The molecule has 2 rings (SSSR count). The quantitative estimate of drug-likeness (QED) is 0.515. The lowest BCUT2D eigenvalue weighted by Gasteiger charge is -2.41. The number of morpholine rings is 1. The number of guanidine groups is 1. The van der Waals surface area contributed by atoms with Gasteiger partial charge >= 0.3 is 0 Å². The van der Waals surface area contributed by atoms with Crippen LogP contribution in [0.25, 0.3) is 0 Å². The molecule has 0 radical (unpaired) electrons. The first-order valence-corrected chi connectivity index (χ1v) is 10.1. The monoisotopic (exact) mass is 346 g/mol. The van der Waals surface area contributed by atoms with Gasteiger partial charge in [-0.15, -0.1) is 0 Å². The van der Waals surface area contributed by atoms with Crippen molar-refractivity contribution in [1.29, 1.82) is 0 Å². The van der Waals surface area contributed by atoms with Crippen LogP contribution in [0.15, 0.2) is 4.99 Å². The largest absolute Gasteiger partial charge is 0.379 e. The van der Waals surface area contributed by atoms with E-state index in [-0.39, 0.29) is 5.75 Å². The third kappa shape index (κ3) is 5.06. The summed E-state index contributed by atoms with van der Waals surface area (Å²) in [6, 6.07) is 0. The lowest BCUT2D eigenvalue weighted by Crippen LogP contribution is -2.48. The molecule has 8 heteroatoms. The number of nitrogens with zero attached hydrogens (tertiary/aromatic N) is 2. The molecule has 7 nitrogen and oxygen atoms in total. The van der Waals surface area contributed by atoms with Gasteiger partial charge in [0.2, 0.25) is 10.0 Å². The number of hydrogen-bond donors (Lipinski definition) is 2. The van der Waals surface area contributed by atoms with Crippen LogP contribution in [0.4, 0.5) is 0 Å². The minimum atomic E-state index is -3.22. The predicted molar refractivity (Wildman–Crippen MR) is 92.1 cm³/mol. The minimum Gasteiger partial charge on any atom is -0.379 e. The molecule has 1 aliphatic heterocycles. The predicted octanol–water partition coefficient (Wildman–Crippen LogP) is 0.394. The number of ether oxygens (including phenoxy) is 1. The lowest BCUT2D eigenvalue weighted by molar-refractivity contribution is 0.0730. The van der Waals surface area contributed by atoms with E-state index >= 15 is 0 Å². The summed E-state index contributed by atoms with van der Waals surface area (Å²) in [5.41, 5.74) is 0.400. The number of hydrogen-bond acceptors (Lipinski definition) is 4. The normalized spacial score (nSPS) is 22.4. The van der Waals surface area contributed by atoms with Gasteiger partial charge in [-0.25, -0.2) is 8.42 Å². The van der Waals surface area contributed by atoms with Crippen LogP contribution < -0.4 is 10.6 Å². The Morgan fingerprint density at radius 2 is 1.96 bits per heavy atom. The summed E-state index contributed by atoms with van der Waals surface area (Å²) in [6.07, 6.45) is 5.00. The van der Waals surface area contributed by atoms with Crippen molar-refractivity contribution in [2.24, 2.45) is 10.4 Å². The fourth-order valence-electron chi connectivity index (χ4n) is 3.08. The zero-order valence-electron chi connectivity index (χ0n) is 14.3. The van der Waals surface area contributed by atoms with E-state index in [9.17, 15) is 8.42 Å². The van der Waals surface area contributed by atoms with Crippen LogP contribution in [0.1, 0.15) is 32.6 Å². The van der Waals surface area contributed by atoms with Crippen molar-refractivity contribution in [2.45, 2.75) is 32.6 Å². The molecule has 0 atom stereocenters. The van der Waals surface area contributed by atoms with E-state index < -0.39 is 10.0 Å². The van der Waals surface area contributed by atoms with Gasteiger partial charge in [-0.05, 0) is 24.7 Å². The summed E-state index contributed by atoms with van der Waals surface area (Å²) in [6.45, 7) is 5.36. The fraction of sp³-hybridized carbons (Fsp3) is 0.933. The Morgan fingerprint density at radius 3 is 2.48 bits per heavy atom. The molecule has 0 amide bonds. The first-order valence-electron chi connectivity index (χ1n) is 8.51. The maximum atomic E-state index is 12.2. The molecule has 1 saturated carbocycles. The van der Waals surface area contributed by atoms with E-state index in [2.05, 4.69) is 22.5 Å². The highest BCUT2D eigenvalue weighted by molar-refractivity contribution is 7.89. The van der Waals surface area contributed by atoms with Crippen LogP contribution in [-0.4, -0.2) is 70.9 Å². The number of aliphatic imine (C=N–C) groups is 1. The van der Waals surface area contributed by atoms with E-state index in [1.54, 1.807) is 7.05 Å². The molecule has 2 fully saturated rings. The Hall–Kier alpha value is -0.860. The summed E-state index contributed by atoms with van der Waals surface area (Å²) < 4.78 is 31.2. The molecule has 134 valence electrons. The summed E-state index contributed by atoms with van der Waals surface area (Å²) in [7, 11) is -1.51. The van der Waals surface area contributed by atoms with Gasteiger partial charge < -0.3 is 15.4 Å². The standard InChI is InChI=1S/C15H30N4O3S/c1-3-15(5-4-6-15)13-18-14(16-2)17-7-12-23(20,21)19-8-10-22-11-9-19/h3-13H2,1-2H3,(H2,16,17,18). The molecule has 0 aromatic heterocycles. The van der Waals surface area contributed by atoms with E-state index in [0.29, 0.717) is 44.2 Å². The SMILES string of the molecule is CCC1(CNC(=NC)NCCS(=O)(=O)N2CCOCC2)CCC1. The molecule has 1 heterocycles. The molecule has 1 aliphatic carbocycles. The van der Waals surface area contributed by atoms with Crippen LogP contribution in [-0.2, 0) is 14.8 Å². The second kappa shape index (κ2) is 8.30. The molecule has 23 heavy (non-hydrogen) atoms. The first kappa shape index (κ1) is 18.5. The maximum Gasteiger partial charge on any atom is 0.215 e. The van der Waals surface area contributed by atoms with Gasteiger partial charge in [-0.2, -0.15) is 4.31 Å². The molecular weight excluding hydrogens is 316 g/mol. The van der Waals surface area contributed by atoms with E-state index in [4.69, 9.17) is 4.74 Å². The fourth-order valence-corrected chi connectivity index (χ4v) is 4.40. The number of rotatable bonds is 7. The molecular formula is C15H30N4O3S. The molecule has 1 saturated heterocycles. The Labute approximate surface area is 139 Å². The molecule has 0 aromatic carbocycles. The Bertz CT molecular complexity index is 491. The zero-order valence-corrected chi connectivity index (χ0v) is 15.1. The smallest absolute Gasteiger partial charge is 0.215 e. The molecule has 0 aromatic rings. The van der Waals surface area contributed by atoms with Crippen LogP contribution >= 0.6 is 0 Å². The molecule has 2 N–H and O–H groups in total. The average Bonchev–Trinajstić information content (AvgIpc) is 2.53. The third-order valence-corrected chi connectivity index (χ3v) is 6.91. The van der Waals surface area contributed by atoms with E-state index in [1.165, 1.54) is 30.0 Å². The van der Waals surface area contributed by atoms with Gasteiger partial charge in [0.15, 0.2) is 5.96 Å². The van der Waals surface area contributed by atoms with Gasteiger partial charge in [-0.1, -0.05) is 13.3 Å². The third-order valence-electron chi connectivity index (χ3n) is 5.03. The molecule has 0 unspecified atom stereocenters. The van der Waals surface area contributed by atoms with Crippen LogP contribution in [0.2, 0.25) is 0 Å². The second-order valence-corrected chi connectivity index (χ2v) is 8.48. The number of nitrogens with one attached hydrogen (secondary N) is 2. The van der Waals surface area contributed by atoms with Gasteiger partial charge in [0.25, 0.3) is 0 Å². The van der Waals surface area contributed by atoms with Gasteiger partial charge in [0.1, 0.15) is 0 Å². The van der Waals surface area contributed by atoms with Gasteiger partial charge in [0.05, 0.1) is 19.0 Å². The molecule has 0 bridgehead atoms. The molecule has 2 aliphatic rings. The van der Waals surface area contributed by atoms with E-state index in [1.807, 2.05) is 0 Å². The van der Waals surface area contributed by atoms with Crippen molar-refractivity contribution in [3.63, 3.8) is 0 Å². The Balaban J connectivity index is 1.72.